The van der Waals surface area contributed by atoms with E-state index in [1.165, 1.54) is 12.1 Å². The largest absolute Gasteiger partial charge is 0.478 e. The van der Waals surface area contributed by atoms with Crippen molar-refractivity contribution < 1.29 is 19.4 Å². The lowest BCUT2D eigenvalue weighted by atomic mass is 10.0. The number of amides is 1. The monoisotopic (exact) mass is 343 g/mol. The Hall–Kier alpha value is -2.67. The number of morpholine rings is 1. The fraction of sp³-hybridized carbons (Fsp3) is 0.389. The molecule has 1 aliphatic heterocycles. The van der Waals surface area contributed by atoms with Crippen LogP contribution in [0.3, 0.4) is 0 Å². The molecular weight excluding hydrogens is 322 g/mol. The lowest BCUT2D eigenvalue weighted by Gasteiger charge is -2.36. The van der Waals surface area contributed by atoms with Gasteiger partial charge in [-0.1, -0.05) is 0 Å². The second-order valence-corrected chi connectivity index (χ2v) is 6.18. The Balaban J connectivity index is 1.92. The molecule has 1 aromatic heterocycles. The summed E-state index contributed by atoms with van der Waals surface area (Å²) >= 11 is 0. The van der Waals surface area contributed by atoms with Gasteiger partial charge >= 0.3 is 5.97 Å². The standard InChI is InChI=1S/C18H21N3O4/c1-11-16(12(2)20(3)19-11)15-10-25-9-8-21(15)17(22)13-4-6-14(7-5-13)18(23)24/h4-7,15H,8-10H2,1-3H3,(H,23,24). The number of nitrogens with zero attached hydrogens (tertiary/aromatic N) is 3. The molecule has 2 aromatic rings. The van der Waals surface area contributed by atoms with Crippen LogP contribution in [0, 0.1) is 13.8 Å². The number of aryl methyl sites for hydroxylation is 2. The molecule has 25 heavy (non-hydrogen) atoms. The van der Waals surface area contributed by atoms with Crippen molar-refractivity contribution in [3.63, 3.8) is 0 Å². The lowest BCUT2D eigenvalue weighted by Crippen LogP contribution is -2.43. The molecule has 0 spiro atoms. The fourth-order valence-corrected chi connectivity index (χ4v) is 3.28. The molecule has 2 heterocycles. The molecule has 1 N–H and O–H groups in total. The summed E-state index contributed by atoms with van der Waals surface area (Å²) in [6.45, 7) is 5.30. The first-order chi connectivity index (χ1) is 11.9. The third kappa shape index (κ3) is 3.15. The molecule has 1 saturated heterocycles. The fourth-order valence-electron chi connectivity index (χ4n) is 3.28. The number of benzene rings is 1. The molecule has 0 bridgehead atoms. The minimum absolute atomic E-state index is 0.132. The third-order valence-corrected chi connectivity index (χ3v) is 4.67. The summed E-state index contributed by atoms with van der Waals surface area (Å²) in [5, 5.41) is 13.4. The summed E-state index contributed by atoms with van der Waals surface area (Å²) in [6.07, 6.45) is 0. The molecule has 1 aliphatic rings. The molecule has 1 fully saturated rings. The van der Waals surface area contributed by atoms with Crippen LogP contribution >= 0.6 is 0 Å². The number of aromatic carboxylic acids is 1. The molecule has 1 atom stereocenters. The van der Waals surface area contributed by atoms with Crippen molar-refractivity contribution in [3.05, 3.63) is 52.3 Å². The lowest BCUT2D eigenvalue weighted by molar-refractivity contribution is -0.00305. The Labute approximate surface area is 145 Å². The molecule has 132 valence electrons. The maximum atomic E-state index is 13.0. The first kappa shape index (κ1) is 17.2. The zero-order valence-electron chi connectivity index (χ0n) is 14.5. The predicted octanol–water partition coefficient (Wildman–Crippen LogP) is 1.95. The average molecular weight is 343 g/mol. The molecule has 1 unspecified atom stereocenters. The van der Waals surface area contributed by atoms with Gasteiger partial charge < -0.3 is 14.7 Å². The first-order valence-corrected chi connectivity index (χ1v) is 8.12. The van der Waals surface area contributed by atoms with E-state index in [4.69, 9.17) is 9.84 Å². The van der Waals surface area contributed by atoms with Gasteiger partial charge in [-0.3, -0.25) is 9.48 Å². The zero-order chi connectivity index (χ0) is 18.1. The molecule has 0 saturated carbocycles. The van der Waals surface area contributed by atoms with Gasteiger partial charge in [-0.2, -0.15) is 5.10 Å². The quantitative estimate of drug-likeness (QED) is 0.921. The predicted molar refractivity (Wildman–Crippen MR) is 90.7 cm³/mol. The molecular formula is C18H21N3O4. The molecule has 7 heteroatoms. The van der Waals surface area contributed by atoms with Gasteiger partial charge in [0.1, 0.15) is 0 Å². The van der Waals surface area contributed by atoms with Gasteiger partial charge in [-0.05, 0) is 38.1 Å². The Morgan fingerprint density at radius 3 is 2.40 bits per heavy atom. The van der Waals surface area contributed by atoms with E-state index in [0.717, 1.165) is 17.0 Å². The molecule has 0 aliphatic carbocycles. The first-order valence-electron chi connectivity index (χ1n) is 8.12. The highest BCUT2D eigenvalue weighted by molar-refractivity contribution is 5.96. The van der Waals surface area contributed by atoms with Crippen molar-refractivity contribution in [3.8, 4) is 0 Å². The SMILES string of the molecule is Cc1nn(C)c(C)c1C1COCCN1C(=O)c1ccc(C(=O)O)cc1. The summed E-state index contributed by atoms with van der Waals surface area (Å²) in [5.41, 5.74) is 3.53. The zero-order valence-corrected chi connectivity index (χ0v) is 14.5. The van der Waals surface area contributed by atoms with E-state index in [1.807, 2.05) is 25.6 Å². The number of hydrogen-bond acceptors (Lipinski definition) is 4. The summed E-state index contributed by atoms with van der Waals surface area (Å²) in [4.78, 5) is 25.8. The molecule has 7 nitrogen and oxygen atoms in total. The van der Waals surface area contributed by atoms with Gasteiger partial charge in [-0.25, -0.2) is 4.79 Å². The van der Waals surface area contributed by atoms with E-state index < -0.39 is 5.97 Å². The summed E-state index contributed by atoms with van der Waals surface area (Å²) in [6, 6.07) is 5.81. The number of rotatable bonds is 3. The van der Waals surface area contributed by atoms with Crippen molar-refractivity contribution >= 4 is 11.9 Å². The van der Waals surface area contributed by atoms with Crippen LogP contribution in [0.4, 0.5) is 0 Å². The van der Waals surface area contributed by atoms with Crippen molar-refractivity contribution in [2.75, 3.05) is 19.8 Å². The molecule has 3 rings (SSSR count). The molecule has 0 radical (unpaired) electrons. The summed E-state index contributed by atoms with van der Waals surface area (Å²) in [5.74, 6) is -1.14. The summed E-state index contributed by atoms with van der Waals surface area (Å²) < 4.78 is 7.42. The van der Waals surface area contributed by atoms with Crippen LogP contribution in [0.25, 0.3) is 0 Å². The Morgan fingerprint density at radius 2 is 1.84 bits per heavy atom. The number of carboxylic acids is 1. The average Bonchev–Trinajstić information content (AvgIpc) is 2.86. The van der Waals surface area contributed by atoms with Crippen LogP contribution in [-0.2, 0) is 11.8 Å². The smallest absolute Gasteiger partial charge is 0.335 e. The number of aromatic nitrogens is 2. The van der Waals surface area contributed by atoms with E-state index in [9.17, 15) is 9.59 Å². The van der Waals surface area contributed by atoms with Gasteiger partial charge in [0.15, 0.2) is 0 Å². The van der Waals surface area contributed by atoms with Crippen LogP contribution in [0.2, 0.25) is 0 Å². The van der Waals surface area contributed by atoms with Crippen LogP contribution in [0.15, 0.2) is 24.3 Å². The van der Waals surface area contributed by atoms with Crippen LogP contribution in [0.1, 0.15) is 43.7 Å². The highest BCUT2D eigenvalue weighted by Gasteiger charge is 2.32. The second-order valence-electron chi connectivity index (χ2n) is 6.18. The number of hydrogen-bond donors (Lipinski definition) is 1. The van der Waals surface area contributed by atoms with E-state index >= 15 is 0 Å². The van der Waals surface area contributed by atoms with E-state index in [2.05, 4.69) is 5.10 Å². The van der Waals surface area contributed by atoms with Crippen LogP contribution < -0.4 is 0 Å². The van der Waals surface area contributed by atoms with Crippen molar-refractivity contribution in [1.82, 2.24) is 14.7 Å². The maximum absolute atomic E-state index is 13.0. The van der Waals surface area contributed by atoms with Gasteiger partial charge in [0.05, 0.1) is 30.5 Å². The number of carbonyl (C=O) groups is 2. The Bertz CT molecular complexity index is 810. The van der Waals surface area contributed by atoms with Gasteiger partial charge in [0.25, 0.3) is 5.91 Å². The highest BCUT2D eigenvalue weighted by atomic mass is 16.5. The topological polar surface area (TPSA) is 84.7 Å². The van der Waals surface area contributed by atoms with E-state index in [0.29, 0.717) is 25.3 Å². The molecule has 1 amide bonds. The van der Waals surface area contributed by atoms with Crippen molar-refractivity contribution in [2.24, 2.45) is 7.05 Å². The van der Waals surface area contributed by atoms with Crippen molar-refractivity contribution in [2.45, 2.75) is 19.9 Å². The molecule has 1 aromatic carbocycles. The Kier molecular flexibility index (Phi) is 4.59. The maximum Gasteiger partial charge on any atom is 0.335 e. The number of carbonyl (C=O) groups excluding carboxylic acids is 1. The van der Waals surface area contributed by atoms with Crippen molar-refractivity contribution in [1.29, 1.82) is 0 Å². The minimum Gasteiger partial charge on any atom is -0.478 e. The highest BCUT2D eigenvalue weighted by Crippen LogP contribution is 2.30. The van der Waals surface area contributed by atoms with Crippen LogP contribution in [-0.4, -0.2) is 51.4 Å². The van der Waals surface area contributed by atoms with E-state index in [-0.39, 0.29) is 17.5 Å². The summed E-state index contributed by atoms with van der Waals surface area (Å²) in [7, 11) is 1.88. The van der Waals surface area contributed by atoms with E-state index in [1.54, 1.807) is 17.0 Å². The number of ether oxygens (including phenoxy) is 1. The third-order valence-electron chi connectivity index (χ3n) is 4.67. The minimum atomic E-state index is -1.01. The van der Waals surface area contributed by atoms with Gasteiger partial charge in [0.2, 0.25) is 0 Å². The second kappa shape index (κ2) is 6.68. The number of carboxylic acid groups (broad SMARTS) is 1. The normalized spacial score (nSPS) is 17.6. The van der Waals surface area contributed by atoms with Gasteiger partial charge in [-0.15, -0.1) is 0 Å². The Morgan fingerprint density at radius 1 is 1.20 bits per heavy atom. The van der Waals surface area contributed by atoms with Crippen LogP contribution in [0.5, 0.6) is 0 Å². The van der Waals surface area contributed by atoms with Gasteiger partial charge in [0, 0.05) is 30.4 Å².